The molecule has 0 amide bonds. The van der Waals surface area contributed by atoms with E-state index in [2.05, 4.69) is 26.2 Å². The molecule has 1 fully saturated rings. The summed E-state index contributed by atoms with van der Waals surface area (Å²) in [6, 6.07) is 0.806. The molecule has 2 heteroatoms. The summed E-state index contributed by atoms with van der Waals surface area (Å²) >= 11 is 0. The van der Waals surface area contributed by atoms with Gasteiger partial charge >= 0.3 is 0 Å². The molecule has 2 N–H and O–H groups in total. The van der Waals surface area contributed by atoms with Crippen LogP contribution in [0.3, 0.4) is 0 Å². The molecule has 0 aromatic rings. The molecule has 0 spiro atoms. The van der Waals surface area contributed by atoms with Crippen LogP contribution in [0.1, 0.15) is 46.5 Å². The van der Waals surface area contributed by atoms with Gasteiger partial charge < -0.3 is 10.4 Å². The van der Waals surface area contributed by atoms with Crippen LogP contribution in [0.15, 0.2) is 0 Å². The SMILES string of the molecule is CCCO.CNC1CCCC1C(C)C. The average molecular weight is 201 g/mol. The van der Waals surface area contributed by atoms with Gasteiger partial charge in [0.15, 0.2) is 0 Å². The first-order chi connectivity index (χ1) is 6.67. The number of rotatable bonds is 3. The molecule has 2 atom stereocenters. The molecule has 1 saturated carbocycles. The first-order valence-electron chi connectivity index (χ1n) is 5.95. The van der Waals surface area contributed by atoms with Crippen LogP contribution in [0.5, 0.6) is 0 Å². The van der Waals surface area contributed by atoms with Crippen molar-refractivity contribution < 1.29 is 5.11 Å². The molecular formula is C12H27NO. The molecule has 2 unspecified atom stereocenters. The third-order valence-corrected chi connectivity index (χ3v) is 3.02. The number of hydrogen-bond donors (Lipinski definition) is 2. The average Bonchev–Trinajstić information content (AvgIpc) is 2.66. The summed E-state index contributed by atoms with van der Waals surface area (Å²) in [4.78, 5) is 0. The molecule has 0 heterocycles. The highest BCUT2D eigenvalue weighted by molar-refractivity contribution is 4.83. The second-order valence-electron chi connectivity index (χ2n) is 4.46. The quantitative estimate of drug-likeness (QED) is 0.735. The molecule has 14 heavy (non-hydrogen) atoms. The van der Waals surface area contributed by atoms with E-state index in [1.807, 2.05) is 6.92 Å². The van der Waals surface area contributed by atoms with Crippen molar-refractivity contribution in [2.75, 3.05) is 13.7 Å². The van der Waals surface area contributed by atoms with Crippen LogP contribution in [0, 0.1) is 11.8 Å². The van der Waals surface area contributed by atoms with Gasteiger partial charge in [0.25, 0.3) is 0 Å². The van der Waals surface area contributed by atoms with Crippen molar-refractivity contribution in [3.63, 3.8) is 0 Å². The Hall–Kier alpha value is -0.0800. The van der Waals surface area contributed by atoms with E-state index >= 15 is 0 Å². The maximum Gasteiger partial charge on any atom is 0.0428 e. The van der Waals surface area contributed by atoms with Gasteiger partial charge in [-0.3, -0.25) is 0 Å². The zero-order valence-corrected chi connectivity index (χ0v) is 10.2. The third-order valence-electron chi connectivity index (χ3n) is 3.02. The number of aliphatic hydroxyl groups excluding tert-OH is 1. The van der Waals surface area contributed by atoms with Crippen molar-refractivity contribution >= 4 is 0 Å². The number of hydrogen-bond acceptors (Lipinski definition) is 2. The molecule has 1 aliphatic rings. The van der Waals surface area contributed by atoms with Gasteiger partial charge in [-0.1, -0.05) is 27.2 Å². The second-order valence-corrected chi connectivity index (χ2v) is 4.46. The van der Waals surface area contributed by atoms with Gasteiger partial charge in [0.2, 0.25) is 0 Å². The van der Waals surface area contributed by atoms with Crippen LogP contribution < -0.4 is 5.32 Å². The van der Waals surface area contributed by atoms with E-state index in [1.54, 1.807) is 0 Å². The lowest BCUT2D eigenvalue weighted by Gasteiger charge is -2.22. The number of aliphatic hydroxyl groups is 1. The Kier molecular flexibility index (Phi) is 8.20. The van der Waals surface area contributed by atoms with Crippen LogP contribution in [0.25, 0.3) is 0 Å². The standard InChI is InChI=1S/C9H19N.C3H8O/c1-7(2)8-5-4-6-9(8)10-3;1-2-3-4/h7-10H,4-6H2,1-3H3;4H,2-3H2,1H3. The second kappa shape index (κ2) is 8.25. The van der Waals surface area contributed by atoms with Crippen LogP contribution in [0.4, 0.5) is 0 Å². The zero-order chi connectivity index (χ0) is 11.0. The highest BCUT2D eigenvalue weighted by atomic mass is 16.2. The van der Waals surface area contributed by atoms with E-state index in [0.717, 1.165) is 24.3 Å². The summed E-state index contributed by atoms with van der Waals surface area (Å²) < 4.78 is 0. The molecule has 1 rings (SSSR count). The van der Waals surface area contributed by atoms with Gasteiger partial charge in [0.1, 0.15) is 0 Å². The minimum Gasteiger partial charge on any atom is -0.396 e. The fourth-order valence-electron chi connectivity index (χ4n) is 2.15. The predicted molar refractivity (Wildman–Crippen MR) is 62.4 cm³/mol. The van der Waals surface area contributed by atoms with Crippen molar-refractivity contribution in [3.8, 4) is 0 Å². The molecule has 0 radical (unpaired) electrons. The van der Waals surface area contributed by atoms with E-state index < -0.39 is 0 Å². The molecule has 86 valence electrons. The van der Waals surface area contributed by atoms with Crippen molar-refractivity contribution in [1.82, 2.24) is 5.32 Å². The molecule has 1 aliphatic carbocycles. The fraction of sp³-hybridized carbons (Fsp3) is 1.00. The van der Waals surface area contributed by atoms with Gasteiger partial charge in [-0.25, -0.2) is 0 Å². The molecule has 0 aromatic carbocycles. The minimum absolute atomic E-state index is 0.319. The Balaban J connectivity index is 0.000000364. The summed E-state index contributed by atoms with van der Waals surface area (Å²) in [5.41, 5.74) is 0. The Morgan fingerprint density at radius 2 is 1.93 bits per heavy atom. The summed E-state index contributed by atoms with van der Waals surface area (Å²) in [6.07, 6.45) is 5.12. The largest absolute Gasteiger partial charge is 0.396 e. The lowest BCUT2D eigenvalue weighted by Crippen LogP contribution is -2.31. The van der Waals surface area contributed by atoms with Gasteiger partial charge in [0, 0.05) is 12.6 Å². The van der Waals surface area contributed by atoms with Gasteiger partial charge in [-0.05, 0) is 38.1 Å². The summed E-state index contributed by atoms with van der Waals surface area (Å²) in [5, 5.41) is 11.3. The van der Waals surface area contributed by atoms with Gasteiger partial charge in [-0.15, -0.1) is 0 Å². The summed E-state index contributed by atoms with van der Waals surface area (Å²) in [7, 11) is 2.09. The molecule has 0 bridgehead atoms. The molecule has 0 saturated heterocycles. The monoisotopic (exact) mass is 201 g/mol. The van der Waals surface area contributed by atoms with Crippen molar-refractivity contribution in [2.24, 2.45) is 11.8 Å². The first-order valence-corrected chi connectivity index (χ1v) is 5.95. The minimum atomic E-state index is 0.319. The highest BCUT2D eigenvalue weighted by Crippen LogP contribution is 2.30. The van der Waals surface area contributed by atoms with Crippen LogP contribution in [0.2, 0.25) is 0 Å². The third kappa shape index (κ3) is 4.97. The Morgan fingerprint density at radius 3 is 2.21 bits per heavy atom. The summed E-state index contributed by atoms with van der Waals surface area (Å²) in [6.45, 7) is 6.92. The van der Waals surface area contributed by atoms with Gasteiger partial charge in [0.05, 0.1) is 0 Å². The summed E-state index contributed by atoms with van der Waals surface area (Å²) in [5.74, 6) is 1.80. The van der Waals surface area contributed by atoms with E-state index in [1.165, 1.54) is 19.3 Å². The molecule has 0 aromatic heterocycles. The maximum atomic E-state index is 7.88. The maximum absolute atomic E-state index is 7.88. The highest BCUT2D eigenvalue weighted by Gasteiger charge is 2.27. The topological polar surface area (TPSA) is 32.3 Å². The molecule has 0 aliphatic heterocycles. The van der Waals surface area contributed by atoms with Gasteiger partial charge in [-0.2, -0.15) is 0 Å². The van der Waals surface area contributed by atoms with E-state index in [-0.39, 0.29) is 0 Å². The first kappa shape index (κ1) is 13.9. The van der Waals surface area contributed by atoms with E-state index in [9.17, 15) is 0 Å². The van der Waals surface area contributed by atoms with Crippen molar-refractivity contribution in [3.05, 3.63) is 0 Å². The van der Waals surface area contributed by atoms with Crippen LogP contribution in [-0.2, 0) is 0 Å². The Bertz CT molecular complexity index is 123. The lowest BCUT2D eigenvalue weighted by molar-refractivity contribution is 0.295. The lowest BCUT2D eigenvalue weighted by atomic mass is 9.91. The predicted octanol–water partition coefficient (Wildman–Crippen LogP) is 2.42. The van der Waals surface area contributed by atoms with Crippen molar-refractivity contribution in [1.29, 1.82) is 0 Å². The normalized spacial score (nSPS) is 26.1. The molecular weight excluding hydrogens is 174 g/mol. The van der Waals surface area contributed by atoms with Crippen molar-refractivity contribution in [2.45, 2.75) is 52.5 Å². The van der Waals surface area contributed by atoms with Crippen LogP contribution >= 0.6 is 0 Å². The Labute approximate surface area is 89.1 Å². The number of nitrogens with one attached hydrogen (secondary N) is 1. The molecule has 2 nitrogen and oxygen atoms in total. The fourth-order valence-corrected chi connectivity index (χ4v) is 2.15. The zero-order valence-electron chi connectivity index (χ0n) is 10.2. The van der Waals surface area contributed by atoms with E-state index in [4.69, 9.17) is 5.11 Å². The Morgan fingerprint density at radius 1 is 1.36 bits per heavy atom. The van der Waals surface area contributed by atoms with Crippen LogP contribution in [-0.4, -0.2) is 24.8 Å². The van der Waals surface area contributed by atoms with E-state index in [0.29, 0.717) is 6.61 Å². The smallest absolute Gasteiger partial charge is 0.0428 e.